The highest BCUT2D eigenvalue weighted by molar-refractivity contribution is 7.91. The predicted molar refractivity (Wildman–Crippen MR) is 128 cm³/mol. The Bertz CT molecular complexity index is 1340. The molecule has 1 aliphatic rings. The summed E-state index contributed by atoms with van der Waals surface area (Å²) in [5.74, 6) is 0.517. The van der Waals surface area contributed by atoms with E-state index < -0.39 is 21.8 Å². The van der Waals surface area contributed by atoms with Gasteiger partial charge in [-0.2, -0.15) is 0 Å². The van der Waals surface area contributed by atoms with Crippen molar-refractivity contribution in [3.05, 3.63) is 77.3 Å². The molecule has 8 nitrogen and oxygen atoms in total. The maximum Gasteiger partial charge on any atom is 0.268 e. The summed E-state index contributed by atoms with van der Waals surface area (Å²) in [4.78, 5) is 18.2. The van der Waals surface area contributed by atoms with E-state index >= 15 is 0 Å². The van der Waals surface area contributed by atoms with Gasteiger partial charge in [-0.15, -0.1) is 0 Å². The Kier molecular flexibility index (Phi) is 6.76. The van der Waals surface area contributed by atoms with E-state index in [1.54, 1.807) is 19.2 Å². The van der Waals surface area contributed by atoms with Crippen LogP contribution >= 0.6 is 11.6 Å². The molecule has 0 bridgehead atoms. The molecule has 0 saturated carbocycles. The molecule has 1 unspecified atom stereocenters. The SMILES string of the molecule is COc1ccc(C2=NOC(C(=O)Nc3cc(OC)cc(S(=O)(=O)c4ccc(Cl)cc4)c3)C2)cc1. The van der Waals surface area contributed by atoms with Gasteiger partial charge < -0.3 is 19.6 Å². The quantitative estimate of drug-likeness (QED) is 0.518. The van der Waals surface area contributed by atoms with Crippen LogP contribution in [0.2, 0.25) is 5.02 Å². The molecular weight excluding hydrogens is 480 g/mol. The van der Waals surface area contributed by atoms with Crippen molar-refractivity contribution in [1.29, 1.82) is 0 Å². The minimum absolute atomic E-state index is 0.0352. The number of carbonyl (C=O) groups excluding carboxylic acids is 1. The zero-order valence-electron chi connectivity index (χ0n) is 18.3. The summed E-state index contributed by atoms with van der Waals surface area (Å²) in [7, 11) is -0.879. The third kappa shape index (κ3) is 5.00. The Balaban J connectivity index is 1.51. The van der Waals surface area contributed by atoms with E-state index in [-0.39, 0.29) is 27.6 Å². The van der Waals surface area contributed by atoms with Crippen LogP contribution in [0.15, 0.2) is 81.7 Å². The Hall–Kier alpha value is -3.56. The van der Waals surface area contributed by atoms with Crippen LogP contribution in [0.3, 0.4) is 0 Å². The van der Waals surface area contributed by atoms with E-state index in [0.29, 0.717) is 16.5 Å². The number of rotatable bonds is 7. The lowest BCUT2D eigenvalue weighted by Gasteiger charge is -2.13. The summed E-state index contributed by atoms with van der Waals surface area (Å²) in [6.07, 6.45) is -0.599. The van der Waals surface area contributed by atoms with Gasteiger partial charge in [0.25, 0.3) is 5.91 Å². The first-order valence-corrected chi connectivity index (χ1v) is 12.0. The van der Waals surface area contributed by atoms with Crippen LogP contribution in [0.4, 0.5) is 5.69 Å². The van der Waals surface area contributed by atoms with Crippen molar-refractivity contribution in [2.75, 3.05) is 19.5 Å². The Labute approximate surface area is 202 Å². The summed E-state index contributed by atoms with van der Waals surface area (Å²) in [6.45, 7) is 0. The second-order valence-electron chi connectivity index (χ2n) is 7.41. The van der Waals surface area contributed by atoms with Crippen LogP contribution in [0, 0.1) is 0 Å². The number of nitrogens with one attached hydrogen (secondary N) is 1. The third-order valence-electron chi connectivity index (χ3n) is 5.20. The fourth-order valence-electron chi connectivity index (χ4n) is 3.36. The predicted octanol–water partition coefficient (Wildman–Crippen LogP) is 4.32. The number of sulfone groups is 1. The van der Waals surface area contributed by atoms with E-state index in [1.807, 2.05) is 12.1 Å². The van der Waals surface area contributed by atoms with E-state index in [4.69, 9.17) is 25.9 Å². The number of hydrogen-bond donors (Lipinski definition) is 1. The van der Waals surface area contributed by atoms with Crippen LogP contribution < -0.4 is 14.8 Å². The Morgan fingerprint density at radius 3 is 2.29 bits per heavy atom. The van der Waals surface area contributed by atoms with Crippen LogP contribution in [-0.4, -0.2) is 40.4 Å². The van der Waals surface area contributed by atoms with E-state index in [2.05, 4.69) is 10.5 Å². The van der Waals surface area contributed by atoms with Crippen LogP contribution in [0.1, 0.15) is 12.0 Å². The number of amides is 1. The van der Waals surface area contributed by atoms with Crippen molar-refractivity contribution < 1.29 is 27.5 Å². The highest BCUT2D eigenvalue weighted by Crippen LogP contribution is 2.30. The molecule has 1 N–H and O–H groups in total. The number of oxime groups is 1. The number of anilines is 1. The second kappa shape index (κ2) is 9.74. The molecular formula is C24H21ClN2O6S. The lowest BCUT2D eigenvalue weighted by atomic mass is 10.0. The molecule has 3 aromatic rings. The molecule has 1 heterocycles. The molecule has 0 radical (unpaired) electrons. The van der Waals surface area contributed by atoms with E-state index in [9.17, 15) is 13.2 Å². The fourth-order valence-corrected chi connectivity index (χ4v) is 4.81. The van der Waals surface area contributed by atoms with Crippen molar-refractivity contribution in [2.24, 2.45) is 5.16 Å². The van der Waals surface area contributed by atoms with Gasteiger partial charge >= 0.3 is 0 Å². The molecule has 0 saturated heterocycles. The van der Waals surface area contributed by atoms with E-state index in [1.165, 1.54) is 49.6 Å². The largest absolute Gasteiger partial charge is 0.497 e. The number of ether oxygens (including phenoxy) is 2. The normalized spacial score (nSPS) is 15.3. The molecule has 176 valence electrons. The zero-order valence-corrected chi connectivity index (χ0v) is 19.9. The summed E-state index contributed by atoms with van der Waals surface area (Å²) in [6, 6.07) is 17.4. The summed E-state index contributed by atoms with van der Waals surface area (Å²) in [5.41, 5.74) is 1.69. The fraction of sp³-hybridized carbons (Fsp3) is 0.167. The van der Waals surface area contributed by atoms with Gasteiger partial charge in [-0.1, -0.05) is 16.8 Å². The number of halogens is 1. The smallest absolute Gasteiger partial charge is 0.268 e. The molecule has 1 amide bonds. The van der Waals surface area contributed by atoms with Crippen LogP contribution in [-0.2, 0) is 19.5 Å². The molecule has 3 aromatic carbocycles. The number of hydrogen-bond acceptors (Lipinski definition) is 7. The average Bonchev–Trinajstić information content (AvgIpc) is 3.35. The van der Waals surface area contributed by atoms with Gasteiger partial charge in [-0.05, 0) is 66.2 Å². The first-order chi connectivity index (χ1) is 16.3. The molecule has 1 aliphatic heterocycles. The van der Waals surface area contributed by atoms with Gasteiger partial charge in [0.2, 0.25) is 15.9 Å². The summed E-state index contributed by atoms with van der Waals surface area (Å²) >= 11 is 5.87. The summed E-state index contributed by atoms with van der Waals surface area (Å²) < 4.78 is 36.6. The van der Waals surface area contributed by atoms with Gasteiger partial charge in [0, 0.05) is 23.2 Å². The highest BCUT2D eigenvalue weighted by atomic mass is 35.5. The van der Waals surface area contributed by atoms with Crippen molar-refractivity contribution in [3.8, 4) is 11.5 Å². The second-order valence-corrected chi connectivity index (χ2v) is 9.79. The molecule has 0 spiro atoms. The number of methoxy groups -OCH3 is 2. The van der Waals surface area contributed by atoms with Crippen molar-refractivity contribution in [1.82, 2.24) is 0 Å². The number of benzene rings is 3. The van der Waals surface area contributed by atoms with Crippen molar-refractivity contribution in [2.45, 2.75) is 22.3 Å². The standard InChI is InChI=1S/C24H21ClN2O6S/c1-31-18-7-3-15(4-8-18)22-14-23(33-27-22)24(28)26-17-11-19(32-2)13-21(12-17)34(29,30)20-9-5-16(25)6-10-20/h3-13,23H,14H2,1-2H3,(H,26,28). The molecule has 0 fully saturated rings. The molecule has 1 atom stereocenters. The van der Waals surface area contributed by atoms with Crippen LogP contribution in [0.25, 0.3) is 0 Å². The molecule has 0 aliphatic carbocycles. The Morgan fingerprint density at radius 1 is 0.971 bits per heavy atom. The van der Waals surface area contributed by atoms with Gasteiger partial charge in [-0.25, -0.2) is 8.42 Å². The summed E-state index contributed by atoms with van der Waals surface area (Å²) in [5, 5.41) is 7.15. The van der Waals surface area contributed by atoms with Crippen molar-refractivity contribution in [3.63, 3.8) is 0 Å². The lowest BCUT2D eigenvalue weighted by molar-refractivity contribution is -0.125. The maximum absolute atomic E-state index is 13.1. The van der Waals surface area contributed by atoms with Gasteiger partial charge in [0.05, 0.1) is 29.7 Å². The number of nitrogens with zero attached hydrogens (tertiary/aromatic N) is 1. The van der Waals surface area contributed by atoms with Gasteiger partial charge in [-0.3, -0.25) is 4.79 Å². The molecule has 0 aromatic heterocycles. The zero-order chi connectivity index (χ0) is 24.3. The topological polar surface area (TPSA) is 103 Å². The van der Waals surface area contributed by atoms with Gasteiger partial charge in [0.1, 0.15) is 11.5 Å². The molecule has 4 rings (SSSR count). The minimum Gasteiger partial charge on any atom is -0.497 e. The molecule has 10 heteroatoms. The Morgan fingerprint density at radius 2 is 1.65 bits per heavy atom. The third-order valence-corrected chi connectivity index (χ3v) is 7.20. The van der Waals surface area contributed by atoms with Gasteiger partial charge in [0.15, 0.2) is 0 Å². The first kappa shape index (κ1) is 23.6. The van der Waals surface area contributed by atoms with Crippen molar-refractivity contribution >= 4 is 38.7 Å². The highest BCUT2D eigenvalue weighted by Gasteiger charge is 2.29. The average molecular weight is 501 g/mol. The van der Waals surface area contributed by atoms with E-state index in [0.717, 1.165) is 5.56 Å². The number of carbonyl (C=O) groups is 1. The minimum atomic E-state index is -3.87. The molecule has 34 heavy (non-hydrogen) atoms. The van der Waals surface area contributed by atoms with Crippen LogP contribution in [0.5, 0.6) is 11.5 Å². The lowest BCUT2D eigenvalue weighted by Crippen LogP contribution is -2.28. The first-order valence-electron chi connectivity index (χ1n) is 10.2. The monoisotopic (exact) mass is 500 g/mol. The maximum atomic E-state index is 13.1.